The standard InChI is InChI=1S/C22H32N4O7/c1-12(2)19(22(33)24-13(3)20(31)23-10-9-18(29)30)26-21(32)17(25-14(4)27)11-15-5-7-16(28)8-6-15/h5-8,12-13,17,19,28H,9-11H2,1-4H3,(H,23,31)(H,24,33)(H,25,27)(H,26,32)(H,29,30)/t13-,17-,19-/m0/s1. The molecule has 1 aromatic carbocycles. The predicted octanol–water partition coefficient (Wildman–Crippen LogP) is -0.324. The average molecular weight is 465 g/mol. The van der Waals surface area contributed by atoms with Crippen molar-refractivity contribution in [3.63, 3.8) is 0 Å². The van der Waals surface area contributed by atoms with Crippen molar-refractivity contribution in [2.45, 2.75) is 58.7 Å². The van der Waals surface area contributed by atoms with Crippen LogP contribution in [0.1, 0.15) is 39.7 Å². The summed E-state index contributed by atoms with van der Waals surface area (Å²) in [4.78, 5) is 59.9. The van der Waals surface area contributed by atoms with E-state index in [9.17, 15) is 29.1 Å². The summed E-state index contributed by atoms with van der Waals surface area (Å²) >= 11 is 0. The van der Waals surface area contributed by atoms with Crippen LogP contribution in [-0.4, -0.2) is 64.5 Å². The van der Waals surface area contributed by atoms with Gasteiger partial charge in [-0.15, -0.1) is 0 Å². The van der Waals surface area contributed by atoms with E-state index in [-0.39, 0.29) is 31.1 Å². The van der Waals surface area contributed by atoms with Gasteiger partial charge in [-0.05, 0) is 30.5 Å². The van der Waals surface area contributed by atoms with Crippen LogP contribution in [0.3, 0.4) is 0 Å². The highest BCUT2D eigenvalue weighted by Crippen LogP contribution is 2.12. The zero-order valence-electron chi connectivity index (χ0n) is 19.2. The van der Waals surface area contributed by atoms with Gasteiger partial charge in [-0.2, -0.15) is 0 Å². The summed E-state index contributed by atoms with van der Waals surface area (Å²) in [5, 5.41) is 28.2. The summed E-state index contributed by atoms with van der Waals surface area (Å²) in [5.74, 6) is -3.47. The molecule has 1 aromatic rings. The Balaban J connectivity index is 2.83. The minimum atomic E-state index is -1.06. The van der Waals surface area contributed by atoms with Crippen LogP contribution in [0.15, 0.2) is 24.3 Å². The summed E-state index contributed by atoms with van der Waals surface area (Å²) in [6.45, 7) is 6.08. The van der Waals surface area contributed by atoms with Gasteiger partial charge in [-0.1, -0.05) is 26.0 Å². The lowest BCUT2D eigenvalue weighted by Gasteiger charge is -2.26. The number of aliphatic carboxylic acids is 1. The SMILES string of the molecule is CC(=O)N[C@@H](Cc1ccc(O)cc1)C(=O)N[C@H](C(=O)N[C@@H](C)C(=O)NCCC(=O)O)C(C)C. The first kappa shape index (κ1) is 27.4. The second kappa shape index (κ2) is 13.0. The van der Waals surface area contributed by atoms with Crippen molar-refractivity contribution < 1.29 is 34.2 Å². The van der Waals surface area contributed by atoms with E-state index in [0.717, 1.165) is 0 Å². The lowest BCUT2D eigenvalue weighted by Crippen LogP contribution is -2.58. The monoisotopic (exact) mass is 464 g/mol. The Morgan fingerprint density at radius 2 is 1.48 bits per heavy atom. The van der Waals surface area contributed by atoms with Gasteiger partial charge in [0.2, 0.25) is 23.6 Å². The Kier molecular flexibility index (Phi) is 10.8. The molecule has 0 fully saturated rings. The quantitative estimate of drug-likeness (QED) is 0.246. The van der Waals surface area contributed by atoms with Crippen molar-refractivity contribution in [2.24, 2.45) is 5.92 Å². The number of aromatic hydroxyl groups is 1. The van der Waals surface area contributed by atoms with Crippen LogP contribution in [0.2, 0.25) is 0 Å². The Morgan fingerprint density at radius 3 is 2.00 bits per heavy atom. The van der Waals surface area contributed by atoms with Crippen LogP contribution in [0.4, 0.5) is 0 Å². The number of phenols is 1. The fourth-order valence-corrected chi connectivity index (χ4v) is 2.93. The van der Waals surface area contributed by atoms with Crippen LogP contribution in [0, 0.1) is 5.92 Å². The molecule has 0 saturated carbocycles. The third kappa shape index (κ3) is 10.0. The Morgan fingerprint density at radius 1 is 0.879 bits per heavy atom. The zero-order chi connectivity index (χ0) is 25.1. The van der Waals surface area contributed by atoms with Crippen molar-refractivity contribution in [3.8, 4) is 5.75 Å². The van der Waals surface area contributed by atoms with Gasteiger partial charge < -0.3 is 31.5 Å². The molecular formula is C22H32N4O7. The summed E-state index contributed by atoms with van der Waals surface area (Å²) in [7, 11) is 0. The van der Waals surface area contributed by atoms with E-state index in [1.54, 1.807) is 26.0 Å². The average Bonchev–Trinajstić information content (AvgIpc) is 2.71. The van der Waals surface area contributed by atoms with Crippen molar-refractivity contribution in [1.82, 2.24) is 21.3 Å². The maximum absolute atomic E-state index is 12.9. The molecule has 0 unspecified atom stereocenters. The molecule has 0 aliphatic carbocycles. The van der Waals surface area contributed by atoms with E-state index in [0.29, 0.717) is 5.56 Å². The minimum Gasteiger partial charge on any atom is -0.508 e. The second-order valence-electron chi connectivity index (χ2n) is 8.02. The smallest absolute Gasteiger partial charge is 0.305 e. The van der Waals surface area contributed by atoms with Gasteiger partial charge in [0.1, 0.15) is 23.9 Å². The fraction of sp³-hybridized carbons (Fsp3) is 0.500. The summed E-state index contributed by atoms with van der Waals surface area (Å²) in [6.07, 6.45) is -0.108. The molecule has 0 radical (unpaired) electrons. The molecule has 6 N–H and O–H groups in total. The van der Waals surface area contributed by atoms with Crippen molar-refractivity contribution in [3.05, 3.63) is 29.8 Å². The molecule has 0 aliphatic rings. The number of phenolic OH excluding ortho intramolecular Hbond substituents is 1. The topological polar surface area (TPSA) is 174 Å². The molecule has 4 amide bonds. The maximum atomic E-state index is 12.9. The highest BCUT2D eigenvalue weighted by molar-refractivity contribution is 5.94. The fourth-order valence-electron chi connectivity index (χ4n) is 2.93. The van der Waals surface area contributed by atoms with Gasteiger partial charge in [-0.25, -0.2) is 0 Å². The van der Waals surface area contributed by atoms with Gasteiger partial charge in [-0.3, -0.25) is 24.0 Å². The number of nitrogens with one attached hydrogen (secondary N) is 4. The van der Waals surface area contributed by atoms with Crippen LogP contribution >= 0.6 is 0 Å². The largest absolute Gasteiger partial charge is 0.508 e. The third-order valence-electron chi connectivity index (χ3n) is 4.71. The van der Waals surface area contributed by atoms with Crippen LogP contribution in [0.5, 0.6) is 5.75 Å². The molecule has 0 aliphatic heterocycles. The Labute approximate surface area is 192 Å². The lowest BCUT2D eigenvalue weighted by molar-refractivity contribution is -0.137. The van der Waals surface area contributed by atoms with Gasteiger partial charge in [0, 0.05) is 19.9 Å². The Bertz CT molecular complexity index is 855. The van der Waals surface area contributed by atoms with Gasteiger partial charge in [0.25, 0.3) is 0 Å². The first-order valence-electron chi connectivity index (χ1n) is 10.6. The molecular weight excluding hydrogens is 432 g/mol. The number of hydrogen-bond acceptors (Lipinski definition) is 6. The van der Waals surface area contributed by atoms with Crippen molar-refractivity contribution >= 4 is 29.6 Å². The van der Waals surface area contributed by atoms with E-state index in [1.807, 2.05) is 0 Å². The van der Waals surface area contributed by atoms with Crippen LogP contribution < -0.4 is 21.3 Å². The number of carboxylic acids is 1. The summed E-state index contributed by atoms with van der Waals surface area (Å²) < 4.78 is 0. The third-order valence-corrected chi connectivity index (χ3v) is 4.71. The van der Waals surface area contributed by atoms with Crippen molar-refractivity contribution in [1.29, 1.82) is 0 Å². The molecule has 3 atom stereocenters. The molecule has 182 valence electrons. The molecule has 0 heterocycles. The van der Waals surface area contributed by atoms with Crippen molar-refractivity contribution in [2.75, 3.05) is 6.54 Å². The number of amides is 4. The van der Waals surface area contributed by atoms with E-state index in [2.05, 4.69) is 21.3 Å². The number of carbonyl (C=O) groups excluding carboxylic acids is 4. The van der Waals surface area contributed by atoms with E-state index >= 15 is 0 Å². The molecule has 33 heavy (non-hydrogen) atoms. The van der Waals surface area contributed by atoms with Gasteiger partial charge >= 0.3 is 5.97 Å². The number of rotatable bonds is 12. The van der Waals surface area contributed by atoms with Gasteiger partial charge in [0.05, 0.1) is 6.42 Å². The normalized spacial score (nSPS) is 13.4. The minimum absolute atomic E-state index is 0.0666. The highest BCUT2D eigenvalue weighted by atomic mass is 16.4. The number of carbonyl (C=O) groups is 5. The lowest BCUT2D eigenvalue weighted by atomic mass is 10.0. The predicted molar refractivity (Wildman–Crippen MR) is 119 cm³/mol. The summed E-state index contributed by atoms with van der Waals surface area (Å²) in [5.41, 5.74) is 0.693. The summed E-state index contributed by atoms with van der Waals surface area (Å²) in [6, 6.07) is 3.27. The van der Waals surface area contributed by atoms with E-state index in [4.69, 9.17) is 5.11 Å². The molecule has 0 aromatic heterocycles. The van der Waals surface area contributed by atoms with Gasteiger partial charge in [0.15, 0.2) is 0 Å². The Hall–Kier alpha value is -3.63. The number of hydrogen-bond donors (Lipinski definition) is 6. The highest BCUT2D eigenvalue weighted by Gasteiger charge is 2.30. The van der Waals surface area contributed by atoms with E-state index < -0.39 is 47.7 Å². The number of carboxylic acid groups (broad SMARTS) is 1. The molecule has 0 saturated heterocycles. The van der Waals surface area contributed by atoms with E-state index in [1.165, 1.54) is 26.0 Å². The maximum Gasteiger partial charge on any atom is 0.305 e. The second-order valence-corrected chi connectivity index (χ2v) is 8.02. The first-order valence-corrected chi connectivity index (χ1v) is 10.6. The van der Waals surface area contributed by atoms with Crippen LogP contribution in [-0.2, 0) is 30.4 Å². The molecule has 11 nitrogen and oxygen atoms in total. The molecule has 0 spiro atoms. The number of benzene rings is 1. The first-order chi connectivity index (χ1) is 15.4. The molecule has 1 rings (SSSR count). The zero-order valence-corrected chi connectivity index (χ0v) is 19.2. The molecule has 0 bridgehead atoms. The van der Waals surface area contributed by atoms with Crippen LogP contribution in [0.25, 0.3) is 0 Å². The molecule has 11 heteroatoms.